The van der Waals surface area contributed by atoms with Crippen LogP contribution in [0.3, 0.4) is 0 Å². The van der Waals surface area contributed by atoms with Crippen LogP contribution in [0, 0.1) is 24.1 Å². The van der Waals surface area contributed by atoms with E-state index in [4.69, 9.17) is 10.2 Å². The van der Waals surface area contributed by atoms with Gasteiger partial charge in [0.05, 0.1) is 11.6 Å². The summed E-state index contributed by atoms with van der Waals surface area (Å²) < 4.78 is 13.8. The third-order valence-corrected chi connectivity index (χ3v) is 5.60. The summed E-state index contributed by atoms with van der Waals surface area (Å²) in [6, 6.07) is 8.58. The lowest BCUT2D eigenvalue weighted by Crippen LogP contribution is -2.48. The van der Waals surface area contributed by atoms with Crippen LogP contribution < -0.4 is 14.7 Å². The van der Waals surface area contributed by atoms with Gasteiger partial charge in [-0.25, -0.2) is 9.37 Å². The smallest absolute Gasteiger partial charge is 0.227 e. The summed E-state index contributed by atoms with van der Waals surface area (Å²) in [5.41, 5.74) is 2.07. The van der Waals surface area contributed by atoms with Gasteiger partial charge in [0, 0.05) is 69.8 Å². The van der Waals surface area contributed by atoms with Crippen molar-refractivity contribution < 1.29 is 4.39 Å². The molecule has 2 aliphatic rings. The molecule has 152 valence electrons. The maximum atomic E-state index is 13.8. The van der Waals surface area contributed by atoms with E-state index in [9.17, 15) is 4.39 Å². The molecule has 8 heteroatoms. The molecular formula is C21H26FN7. The molecule has 2 aliphatic heterocycles. The minimum atomic E-state index is -0.375. The first-order valence-corrected chi connectivity index (χ1v) is 10.0. The quantitative estimate of drug-likeness (QED) is 0.786. The molecule has 2 aromatic rings. The van der Waals surface area contributed by atoms with Crippen molar-refractivity contribution in [3.8, 4) is 6.07 Å². The van der Waals surface area contributed by atoms with Crippen LogP contribution in [0.1, 0.15) is 11.3 Å². The van der Waals surface area contributed by atoms with Crippen LogP contribution in [-0.4, -0.2) is 74.3 Å². The molecule has 29 heavy (non-hydrogen) atoms. The van der Waals surface area contributed by atoms with Gasteiger partial charge in [0.2, 0.25) is 5.95 Å². The number of nitrogens with zero attached hydrogens (tertiary/aromatic N) is 7. The summed E-state index contributed by atoms with van der Waals surface area (Å²) in [5.74, 6) is 1.38. The molecule has 4 rings (SSSR count). The standard InChI is InChI=1S/C21H26FN7/c1-16-11-20(28-5-3-26(2)4-6-28)25-21(24-16)29-9-7-27(8-10-29)19-13-17(15-23)12-18(22)14-19/h11-14H,3-10H2,1-2H3. The van der Waals surface area contributed by atoms with E-state index in [-0.39, 0.29) is 5.82 Å². The molecule has 0 saturated carbocycles. The van der Waals surface area contributed by atoms with Crippen LogP contribution in [0.4, 0.5) is 21.8 Å². The first-order chi connectivity index (χ1) is 14.0. The van der Waals surface area contributed by atoms with Gasteiger partial charge in [-0.05, 0) is 32.2 Å². The molecule has 0 N–H and O–H groups in total. The fourth-order valence-corrected chi connectivity index (χ4v) is 3.86. The lowest BCUT2D eigenvalue weighted by Gasteiger charge is -2.37. The number of likely N-dealkylation sites (N-methyl/N-ethyl adjacent to an activating group) is 1. The van der Waals surface area contributed by atoms with Crippen LogP contribution in [0.2, 0.25) is 0 Å². The van der Waals surface area contributed by atoms with Crippen LogP contribution in [0.15, 0.2) is 24.3 Å². The van der Waals surface area contributed by atoms with Gasteiger partial charge in [0.1, 0.15) is 11.6 Å². The van der Waals surface area contributed by atoms with Crippen molar-refractivity contribution in [1.82, 2.24) is 14.9 Å². The van der Waals surface area contributed by atoms with E-state index < -0.39 is 0 Å². The second-order valence-electron chi connectivity index (χ2n) is 7.74. The second kappa shape index (κ2) is 8.21. The van der Waals surface area contributed by atoms with Gasteiger partial charge in [0.15, 0.2) is 0 Å². The number of halogens is 1. The fraction of sp³-hybridized carbons (Fsp3) is 0.476. The molecule has 0 spiro atoms. The molecule has 1 aromatic heterocycles. The molecule has 0 radical (unpaired) electrons. The van der Waals surface area contributed by atoms with Gasteiger partial charge < -0.3 is 19.6 Å². The van der Waals surface area contributed by atoms with Gasteiger partial charge in [-0.15, -0.1) is 0 Å². The molecule has 2 saturated heterocycles. The van der Waals surface area contributed by atoms with Crippen molar-refractivity contribution in [3.63, 3.8) is 0 Å². The number of piperazine rings is 2. The number of rotatable bonds is 3. The summed E-state index contributed by atoms with van der Waals surface area (Å²) in [7, 11) is 2.14. The Morgan fingerprint density at radius 2 is 1.52 bits per heavy atom. The number of aryl methyl sites for hydroxylation is 1. The van der Waals surface area contributed by atoms with Crippen molar-refractivity contribution in [2.24, 2.45) is 0 Å². The second-order valence-corrected chi connectivity index (χ2v) is 7.74. The lowest BCUT2D eigenvalue weighted by atomic mass is 10.2. The van der Waals surface area contributed by atoms with Gasteiger partial charge in [0.25, 0.3) is 0 Å². The van der Waals surface area contributed by atoms with E-state index in [0.717, 1.165) is 75.5 Å². The summed E-state index contributed by atoms with van der Waals surface area (Å²) in [6.07, 6.45) is 0. The van der Waals surface area contributed by atoms with Crippen LogP contribution in [0.25, 0.3) is 0 Å². The Kier molecular flexibility index (Phi) is 5.49. The zero-order chi connectivity index (χ0) is 20.4. The monoisotopic (exact) mass is 395 g/mol. The molecule has 0 amide bonds. The highest BCUT2D eigenvalue weighted by molar-refractivity contribution is 5.54. The van der Waals surface area contributed by atoms with Crippen LogP contribution in [0.5, 0.6) is 0 Å². The first-order valence-electron chi connectivity index (χ1n) is 10.0. The van der Waals surface area contributed by atoms with E-state index in [2.05, 4.69) is 37.7 Å². The van der Waals surface area contributed by atoms with Gasteiger partial charge in [-0.3, -0.25) is 0 Å². The highest BCUT2D eigenvalue weighted by atomic mass is 19.1. The van der Waals surface area contributed by atoms with Crippen molar-refractivity contribution in [2.45, 2.75) is 6.92 Å². The number of hydrogen-bond donors (Lipinski definition) is 0. The molecule has 0 atom stereocenters. The Labute approximate surface area is 171 Å². The third-order valence-electron chi connectivity index (χ3n) is 5.60. The van der Waals surface area contributed by atoms with E-state index in [1.54, 1.807) is 6.07 Å². The maximum Gasteiger partial charge on any atom is 0.227 e. The number of hydrogen-bond acceptors (Lipinski definition) is 7. The molecule has 0 bridgehead atoms. The van der Waals surface area contributed by atoms with E-state index in [0.29, 0.717) is 5.56 Å². The Morgan fingerprint density at radius 1 is 0.862 bits per heavy atom. The average Bonchev–Trinajstić information content (AvgIpc) is 2.73. The molecule has 0 unspecified atom stereocenters. The Hall–Kier alpha value is -2.92. The van der Waals surface area contributed by atoms with Crippen molar-refractivity contribution in [1.29, 1.82) is 5.26 Å². The maximum absolute atomic E-state index is 13.8. The summed E-state index contributed by atoms with van der Waals surface area (Å²) in [5, 5.41) is 9.08. The normalized spacial score (nSPS) is 18.1. The van der Waals surface area contributed by atoms with Gasteiger partial charge in [-0.2, -0.15) is 10.2 Å². The predicted octanol–water partition coefficient (Wildman–Crippen LogP) is 1.87. The Morgan fingerprint density at radius 3 is 2.21 bits per heavy atom. The van der Waals surface area contributed by atoms with Crippen LogP contribution in [-0.2, 0) is 0 Å². The summed E-state index contributed by atoms with van der Waals surface area (Å²) in [6.45, 7) is 9.00. The summed E-state index contributed by atoms with van der Waals surface area (Å²) >= 11 is 0. The Balaban J connectivity index is 1.46. The topological polar surface area (TPSA) is 62.5 Å². The molecule has 1 aromatic carbocycles. The van der Waals surface area contributed by atoms with Crippen LogP contribution >= 0.6 is 0 Å². The fourth-order valence-electron chi connectivity index (χ4n) is 3.86. The van der Waals surface area contributed by atoms with E-state index in [1.807, 2.05) is 13.0 Å². The molecular weight excluding hydrogens is 369 g/mol. The number of anilines is 3. The van der Waals surface area contributed by atoms with E-state index in [1.165, 1.54) is 12.1 Å². The zero-order valence-corrected chi connectivity index (χ0v) is 17.0. The average molecular weight is 395 g/mol. The van der Waals surface area contributed by atoms with Gasteiger partial charge >= 0.3 is 0 Å². The van der Waals surface area contributed by atoms with Crippen molar-refractivity contribution >= 4 is 17.5 Å². The number of benzene rings is 1. The number of nitriles is 1. The third kappa shape index (κ3) is 4.40. The highest BCUT2D eigenvalue weighted by Gasteiger charge is 2.22. The number of aromatic nitrogens is 2. The highest BCUT2D eigenvalue weighted by Crippen LogP contribution is 2.23. The van der Waals surface area contributed by atoms with Crippen molar-refractivity contribution in [3.05, 3.63) is 41.3 Å². The minimum Gasteiger partial charge on any atom is -0.368 e. The Bertz CT molecular complexity index is 910. The lowest BCUT2D eigenvalue weighted by molar-refractivity contribution is 0.312. The first kappa shape index (κ1) is 19.4. The SMILES string of the molecule is Cc1cc(N2CCN(C)CC2)nc(N2CCN(c3cc(F)cc(C#N)c3)CC2)n1. The predicted molar refractivity (Wildman–Crippen MR) is 112 cm³/mol. The minimum absolute atomic E-state index is 0.348. The van der Waals surface area contributed by atoms with Crippen molar-refractivity contribution in [2.75, 3.05) is 74.1 Å². The molecule has 2 fully saturated rings. The molecule has 7 nitrogen and oxygen atoms in total. The molecule has 0 aliphatic carbocycles. The zero-order valence-electron chi connectivity index (χ0n) is 17.0. The largest absolute Gasteiger partial charge is 0.368 e. The molecule has 3 heterocycles. The van der Waals surface area contributed by atoms with Gasteiger partial charge in [-0.1, -0.05) is 0 Å². The van der Waals surface area contributed by atoms with E-state index >= 15 is 0 Å². The summed E-state index contributed by atoms with van der Waals surface area (Å²) in [4.78, 5) is 18.5.